The summed E-state index contributed by atoms with van der Waals surface area (Å²) in [4.78, 5) is 26.1. The van der Waals surface area contributed by atoms with Gasteiger partial charge in [0.25, 0.3) is 0 Å². The van der Waals surface area contributed by atoms with Gasteiger partial charge >= 0.3 is 0 Å². The standard InChI is InChI=1S/C22H28N4O3/c1-28-19-6-2-4-17(12-19)20-13-23-14-21(24-20)18-5-3-7-25(15-18)16-22(27)26-8-10-29-11-9-26/h2,4,6,12-14,18H,3,5,7-11,15-16H2,1H3/t18-/m1/s1. The highest BCUT2D eigenvalue weighted by atomic mass is 16.5. The van der Waals surface area contributed by atoms with E-state index >= 15 is 0 Å². The first-order valence-electron chi connectivity index (χ1n) is 10.3. The Balaban J connectivity index is 1.43. The van der Waals surface area contributed by atoms with Crippen LogP contribution in [0.5, 0.6) is 5.75 Å². The van der Waals surface area contributed by atoms with Gasteiger partial charge in [-0.25, -0.2) is 4.98 Å². The summed E-state index contributed by atoms with van der Waals surface area (Å²) < 4.78 is 10.7. The zero-order valence-corrected chi connectivity index (χ0v) is 16.9. The molecule has 2 fully saturated rings. The molecule has 0 saturated carbocycles. The van der Waals surface area contributed by atoms with Crippen molar-refractivity contribution in [3.8, 4) is 17.0 Å². The van der Waals surface area contributed by atoms with Crippen molar-refractivity contribution >= 4 is 5.91 Å². The molecule has 1 aromatic heterocycles. The van der Waals surface area contributed by atoms with Crippen LogP contribution < -0.4 is 4.74 Å². The largest absolute Gasteiger partial charge is 0.497 e. The molecule has 0 bridgehead atoms. The van der Waals surface area contributed by atoms with Crippen molar-refractivity contribution in [3.63, 3.8) is 0 Å². The number of ether oxygens (including phenoxy) is 2. The quantitative estimate of drug-likeness (QED) is 0.772. The Kier molecular flexibility index (Phi) is 6.36. The summed E-state index contributed by atoms with van der Waals surface area (Å²) in [5.41, 5.74) is 2.84. The number of piperidine rings is 1. The SMILES string of the molecule is COc1cccc(-c2cncc([C@@H]3CCCN(CC(=O)N4CCOCC4)C3)n2)c1. The first kappa shape index (κ1) is 19.8. The predicted molar refractivity (Wildman–Crippen MR) is 110 cm³/mol. The molecule has 0 N–H and O–H groups in total. The Morgan fingerprint density at radius 3 is 2.93 bits per heavy atom. The van der Waals surface area contributed by atoms with E-state index in [-0.39, 0.29) is 5.91 Å². The fourth-order valence-corrected chi connectivity index (χ4v) is 4.04. The van der Waals surface area contributed by atoms with Crippen LogP contribution in [0.4, 0.5) is 0 Å². The molecular weight excluding hydrogens is 368 g/mol. The zero-order valence-electron chi connectivity index (χ0n) is 16.9. The molecule has 7 heteroatoms. The third-order valence-corrected chi connectivity index (χ3v) is 5.67. The van der Waals surface area contributed by atoms with Gasteiger partial charge in [0.1, 0.15) is 5.75 Å². The van der Waals surface area contributed by atoms with Crippen LogP contribution in [0, 0.1) is 0 Å². The number of benzene rings is 1. The third-order valence-electron chi connectivity index (χ3n) is 5.67. The highest BCUT2D eigenvalue weighted by molar-refractivity contribution is 5.78. The number of hydrogen-bond acceptors (Lipinski definition) is 6. The van der Waals surface area contributed by atoms with Gasteiger partial charge in [-0.1, -0.05) is 12.1 Å². The fourth-order valence-electron chi connectivity index (χ4n) is 4.04. The average Bonchev–Trinajstić information content (AvgIpc) is 2.80. The third kappa shape index (κ3) is 4.92. The maximum atomic E-state index is 12.6. The van der Waals surface area contributed by atoms with E-state index in [9.17, 15) is 4.79 Å². The van der Waals surface area contributed by atoms with Crippen molar-refractivity contribution in [1.82, 2.24) is 19.8 Å². The normalized spacial score (nSPS) is 20.4. The molecule has 154 valence electrons. The maximum Gasteiger partial charge on any atom is 0.236 e. The molecule has 1 amide bonds. The van der Waals surface area contributed by atoms with Gasteiger partial charge in [-0.2, -0.15) is 0 Å². The molecule has 7 nitrogen and oxygen atoms in total. The smallest absolute Gasteiger partial charge is 0.236 e. The number of likely N-dealkylation sites (tertiary alicyclic amines) is 1. The van der Waals surface area contributed by atoms with E-state index in [1.807, 2.05) is 35.4 Å². The Hall–Kier alpha value is -2.51. The van der Waals surface area contributed by atoms with Gasteiger partial charge in [0.2, 0.25) is 5.91 Å². The summed E-state index contributed by atoms with van der Waals surface area (Å²) in [6, 6.07) is 7.87. The minimum atomic E-state index is 0.199. The Morgan fingerprint density at radius 1 is 1.24 bits per heavy atom. The van der Waals surface area contributed by atoms with Crippen molar-refractivity contribution in [2.75, 3.05) is 53.0 Å². The van der Waals surface area contributed by atoms with Crippen LogP contribution in [-0.4, -0.2) is 78.7 Å². The molecule has 0 unspecified atom stereocenters. The lowest BCUT2D eigenvalue weighted by Crippen LogP contribution is -2.47. The second-order valence-electron chi connectivity index (χ2n) is 7.63. The highest BCUT2D eigenvalue weighted by Crippen LogP contribution is 2.28. The van der Waals surface area contributed by atoms with Crippen LogP contribution >= 0.6 is 0 Å². The molecule has 2 saturated heterocycles. The second-order valence-corrected chi connectivity index (χ2v) is 7.63. The lowest BCUT2D eigenvalue weighted by molar-refractivity contribution is -0.136. The van der Waals surface area contributed by atoms with Crippen molar-refractivity contribution in [2.24, 2.45) is 0 Å². The molecule has 0 radical (unpaired) electrons. The van der Waals surface area contributed by atoms with E-state index in [1.54, 1.807) is 13.3 Å². The summed E-state index contributed by atoms with van der Waals surface area (Å²) in [5.74, 6) is 1.30. The molecule has 2 aliphatic heterocycles. The van der Waals surface area contributed by atoms with Crippen LogP contribution in [0.2, 0.25) is 0 Å². The summed E-state index contributed by atoms with van der Waals surface area (Å²) >= 11 is 0. The number of carbonyl (C=O) groups is 1. The van der Waals surface area contributed by atoms with Crippen LogP contribution in [0.25, 0.3) is 11.3 Å². The van der Waals surface area contributed by atoms with Gasteiger partial charge < -0.3 is 14.4 Å². The number of aromatic nitrogens is 2. The topological polar surface area (TPSA) is 67.8 Å². The molecular formula is C22H28N4O3. The number of rotatable bonds is 5. The van der Waals surface area contributed by atoms with Gasteiger partial charge in [-0.3, -0.25) is 14.7 Å². The number of methoxy groups -OCH3 is 1. The fraction of sp³-hybridized carbons (Fsp3) is 0.500. The molecule has 1 aromatic carbocycles. The molecule has 2 aliphatic rings. The van der Waals surface area contributed by atoms with E-state index in [0.717, 1.165) is 48.6 Å². The molecule has 2 aromatic rings. The zero-order chi connectivity index (χ0) is 20.1. The Labute approximate surface area is 171 Å². The summed E-state index contributed by atoms with van der Waals surface area (Å²) in [6.07, 6.45) is 5.78. The first-order valence-corrected chi connectivity index (χ1v) is 10.3. The Morgan fingerprint density at radius 2 is 2.10 bits per heavy atom. The van der Waals surface area contributed by atoms with E-state index in [2.05, 4.69) is 9.88 Å². The minimum Gasteiger partial charge on any atom is -0.497 e. The van der Waals surface area contributed by atoms with Gasteiger partial charge in [0, 0.05) is 37.3 Å². The van der Waals surface area contributed by atoms with Crippen molar-refractivity contribution in [1.29, 1.82) is 0 Å². The van der Waals surface area contributed by atoms with Crippen molar-refractivity contribution in [2.45, 2.75) is 18.8 Å². The molecule has 4 rings (SSSR count). The van der Waals surface area contributed by atoms with Gasteiger partial charge in [0.15, 0.2) is 0 Å². The molecule has 0 spiro atoms. The van der Waals surface area contributed by atoms with Crippen LogP contribution in [0.15, 0.2) is 36.7 Å². The lowest BCUT2D eigenvalue weighted by Gasteiger charge is -2.34. The highest BCUT2D eigenvalue weighted by Gasteiger charge is 2.26. The van der Waals surface area contributed by atoms with Gasteiger partial charge in [-0.15, -0.1) is 0 Å². The van der Waals surface area contributed by atoms with Crippen LogP contribution in [-0.2, 0) is 9.53 Å². The number of hydrogen-bond donors (Lipinski definition) is 0. The molecule has 3 heterocycles. The number of amides is 1. The van der Waals surface area contributed by atoms with Crippen molar-refractivity contribution in [3.05, 3.63) is 42.4 Å². The van der Waals surface area contributed by atoms with Crippen LogP contribution in [0.3, 0.4) is 0 Å². The second kappa shape index (κ2) is 9.33. The molecule has 1 atom stereocenters. The summed E-state index contributed by atoms with van der Waals surface area (Å²) in [5, 5.41) is 0. The first-order chi connectivity index (χ1) is 14.2. The van der Waals surface area contributed by atoms with Gasteiger partial charge in [0.05, 0.1) is 44.5 Å². The lowest BCUT2D eigenvalue weighted by atomic mass is 9.94. The predicted octanol–water partition coefficient (Wildman–Crippen LogP) is 2.19. The van der Waals surface area contributed by atoms with E-state index < -0.39 is 0 Å². The van der Waals surface area contributed by atoms with Gasteiger partial charge in [-0.05, 0) is 31.5 Å². The average molecular weight is 396 g/mol. The maximum absolute atomic E-state index is 12.6. The monoisotopic (exact) mass is 396 g/mol. The van der Waals surface area contributed by atoms with E-state index in [1.165, 1.54) is 0 Å². The summed E-state index contributed by atoms with van der Waals surface area (Å²) in [7, 11) is 1.66. The summed E-state index contributed by atoms with van der Waals surface area (Å²) in [6.45, 7) is 4.94. The number of carbonyl (C=O) groups excluding carboxylic acids is 1. The molecule has 0 aliphatic carbocycles. The Bertz CT molecular complexity index is 838. The van der Waals surface area contributed by atoms with E-state index in [4.69, 9.17) is 14.5 Å². The van der Waals surface area contributed by atoms with Crippen LogP contribution in [0.1, 0.15) is 24.5 Å². The minimum absolute atomic E-state index is 0.199. The molecule has 29 heavy (non-hydrogen) atoms. The number of nitrogens with zero attached hydrogens (tertiary/aromatic N) is 4. The van der Waals surface area contributed by atoms with Crippen molar-refractivity contribution < 1.29 is 14.3 Å². The van der Waals surface area contributed by atoms with E-state index in [0.29, 0.717) is 38.8 Å². The number of morpholine rings is 1.